The highest BCUT2D eigenvalue weighted by Crippen LogP contribution is 2.39. The third-order valence-corrected chi connectivity index (χ3v) is 9.57. The first kappa shape index (κ1) is 37.8. The standard InChI is InChI=1S/C43H52N2O7/c1-42(2)51-33-43(52-42,32-47-28-34-16-8-4-9-17-34)40(50-31-37-22-14-7-15-23-37)38(48-29-35-18-10-5-11-19-35)39(49-30-36-20-12-6-13-21-36)41(46)45-26-24-44(3)25-27-45/h4-23,38-40H,24-33H2,1-3H3/t38-,39-,40+,43?/m1/s1. The van der Waals surface area contributed by atoms with Gasteiger partial charge in [-0.05, 0) is 43.1 Å². The molecule has 0 spiro atoms. The monoisotopic (exact) mass is 708 g/mol. The Morgan fingerprint density at radius 2 is 1.12 bits per heavy atom. The molecule has 2 aliphatic heterocycles. The Hall–Kier alpha value is -3.93. The van der Waals surface area contributed by atoms with E-state index in [4.69, 9.17) is 28.4 Å². The van der Waals surface area contributed by atoms with Crippen molar-refractivity contribution in [2.24, 2.45) is 0 Å². The van der Waals surface area contributed by atoms with Gasteiger partial charge in [-0.3, -0.25) is 4.79 Å². The summed E-state index contributed by atoms with van der Waals surface area (Å²) in [5.41, 5.74) is 2.75. The highest BCUT2D eigenvalue weighted by Gasteiger charge is 2.57. The van der Waals surface area contributed by atoms with Crippen LogP contribution in [0, 0.1) is 0 Å². The fourth-order valence-corrected chi connectivity index (χ4v) is 6.73. The van der Waals surface area contributed by atoms with Gasteiger partial charge in [0.05, 0.1) is 39.6 Å². The van der Waals surface area contributed by atoms with Gasteiger partial charge in [0.25, 0.3) is 5.91 Å². The van der Waals surface area contributed by atoms with Crippen LogP contribution >= 0.6 is 0 Å². The first-order valence-corrected chi connectivity index (χ1v) is 18.2. The van der Waals surface area contributed by atoms with Crippen molar-refractivity contribution in [1.82, 2.24) is 9.80 Å². The molecule has 9 nitrogen and oxygen atoms in total. The summed E-state index contributed by atoms with van der Waals surface area (Å²) in [5, 5.41) is 0. The van der Waals surface area contributed by atoms with Crippen LogP contribution in [0.5, 0.6) is 0 Å². The lowest BCUT2D eigenvalue weighted by Crippen LogP contribution is -2.63. The van der Waals surface area contributed by atoms with Crippen molar-refractivity contribution < 1.29 is 33.2 Å². The fraction of sp³-hybridized carbons (Fsp3) is 0.419. The quantitative estimate of drug-likeness (QED) is 0.127. The third kappa shape index (κ3) is 10.4. The van der Waals surface area contributed by atoms with Crippen molar-refractivity contribution in [2.75, 3.05) is 46.4 Å². The zero-order valence-electron chi connectivity index (χ0n) is 30.6. The lowest BCUT2D eigenvalue weighted by atomic mass is 9.89. The number of piperazine rings is 1. The molecule has 4 aromatic rings. The number of likely N-dealkylation sites (N-methyl/N-ethyl adjacent to an activating group) is 1. The lowest BCUT2D eigenvalue weighted by molar-refractivity contribution is -0.248. The molecule has 0 aromatic heterocycles. The normalized spacial score (nSPS) is 20.7. The molecule has 0 radical (unpaired) electrons. The number of hydrogen-bond donors (Lipinski definition) is 0. The average Bonchev–Trinajstić information content (AvgIpc) is 3.49. The van der Waals surface area contributed by atoms with Gasteiger partial charge >= 0.3 is 0 Å². The zero-order valence-corrected chi connectivity index (χ0v) is 30.6. The zero-order chi connectivity index (χ0) is 36.2. The fourth-order valence-electron chi connectivity index (χ4n) is 6.73. The molecule has 0 N–H and O–H groups in total. The maximum Gasteiger partial charge on any atom is 0.254 e. The van der Waals surface area contributed by atoms with Crippen LogP contribution in [0.1, 0.15) is 36.1 Å². The third-order valence-electron chi connectivity index (χ3n) is 9.57. The van der Waals surface area contributed by atoms with Gasteiger partial charge in [-0.15, -0.1) is 0 Å². The minimum atomic E-state index is -1.16. The van der Waals surface area contributed by atoms with E-state index in [9.17, 15) is 4.79 Å². The van der Waals surface area contributed by atoms with Gasteiger partial charge < -0.3 is 38.2 Å². The van der Waals surface area contributed by atoms with Gasteiger partial charge in [0, 0.05) is 26.2 Å². The van der Waals surface area contributed by atoms with Gasteiger partial charge in [0.2, 0.25) is 0 Å². The molecule has 2 fully saturated rings. The molecule has 2 heterocycles. The summed E-state index contributed by atoms with van der Waals surface area (Å²) in [4.78, 5) is 19.0. The van der Waals surface area contributed by atoms with Crippen LogP contribution in [0.25, 0.3) is 0 Å². The molecular formula is C43H52N2O7. The molecule has 1 unspecified atom stereocenters. The molecule has 6 rings (SSSR count). The summed E-state index contributed by atoms with van der Waals surface area (Å²) in [5.74, 6) is -1.09. The highest BCUT2D eigenvalue weighted by molar-refractivity contribution is 5.82. The van der Waals surface area contributed by atoms with E-state index in [2.05, 4.69) is 11.9 Å². The van der Waals surface area contributed by atoms with Crippen molar-refractivity contribution >= 4 is 5.91 Å². The van der Waals surface area contributed by atoms with Gasteiger partial charge in [-0.25, -0.2) is 0 Å². The minimum absolute atomic E-state index is 0.129. The van der Waals surface area contributed by atoms with Crippen LogP contribution in [0.3, 0.4) is 0 Å². The predicted molar refractivity (Wildman–Crippen MR) is 199 cm³/mol. The van der Waals surface area contributed by atoms with Gasteiger partial charge in [0.1, 0.15) is 17.8 Å². The second-order valence-corrected chi connectivity index (χ2v) is 14.2. The molecular weight excluding hydrogens is 656 g/mol. The average molecular weight is 709 g/mol. The van der Waals surface area contributed by atoms with E-state index in [-0.39, 0.29) is 38.9 Å². The van der Waals surface area contributed by atoms with E-state index in [0.29, 0.717) is 19.7 Å². The van der Waals surface area contributed by atoms with E-state index in [1.807, 2.05) is 140 Å². The number of amides is 1. The lowest BCUT2D eigenvalue weighted by Gasteiger charge is -2.43. The Bertz CT molecular complexity index is 1640. The summed E-state index contributed by atoms with van der Waals surface area (Å²) in [6.07, 6.45) is -2.81. The van der Waals surface area contributed by atoms with Crippen LogP contribution < -0.4 is 0 Å². The molecule has 0 bridgehead atoms. The maximum absolute atomic E-state index is 14.8. The smallest absolute Gasteiger partial charge is 0.254 e. The minimum Gasteiger partial charge on any atom is -0.374 e. The Kier molecular flexibility index (Phi) is 13.2. The Morgan fingerprint density at radius 3 is 1.60 bits per heavy atom. The van der Waals surface area contributed by atoms with Crippen molar-refractivity contribution in [2.45, 2.75) is 70.0 Å². The molecule has 4 aromatic carbocycles. The first-order valence-electron chi connectivity index (χ1n) is 18.2. The summed E-state index contributed by atoms with van der Waals surface area (Å²) < 4.78 is 40.3. The summed E-state index contributed by atoms with van der Waals surface area (Å²) >= 11 is 0. The van der Waals surface area contributed by atoms with Crippen molar-refractivity contribution in [3.63, 3.8) is 0 Å². The number of carbonyl (C=O) groups is 1. The Balaban J connectivity index is 1.41. The van der Waals surface area contributed by atoms with Crippen LogP contribution in [0.4, 0.5) is 0 Å². The molecule has 2 aliphatic rings. The molecule has 276 valence electrons. The summed E-state index contributed by atoms with van der Waals surface area (Å²) in [6, 6.07) is 39.8. The maximum atomic E-state index is 14.8. The van der Waals surface area contributed by atoms with E-state index >= 15 is 0 Å². The highest BCUT2D eigenvalue weighted by atomic mass is 16.8. The van der Waals surface area contributed by atoms with E-state index in [0.717, 1.165) is 35.3 Å². The van der Waals surface area contributed by atoms with Gasteiger partial charge in [-0.2, -0.15) is 0 Å². The molecule has 0 saturated carbocycles. The van der Waals surface area contributed by atoms with E-state index < -0.39 is 29.7 Å². The Labute approximate surface area is 308 Å². The Morgan fingerprint density at radius 1 is 0.654 bits per heavy atom. The van der Waals surface area contributed by atoms with Gasteiger partial charge in [-0.1, -0.05) is 121 Å². The van der Waals surface area contributed by atoms with Crippen molar-refractivity contribution in [1.29, 1.82) is 0 Å². The van der Waals surface area contributed by atoms with Crippen LogP contribution in [0.15, 0.2) is 121 Å². The van der Waals surface area contributed by atoms with E-state index in [1.54, 1.807) is 0 Å². The van der Waals surface area contributed by atoms with Crippen LogP contribution in [-0.4, -0.2) is 91.8 Å². The molecule has 1 amide bonds. The second kappa shape index (κ2) is 18.2. The number of benzene rings is 4. The SMILES string of the molecule is CN1CCN(C(=O)[C@H](OCc2ccccc2)[C@@H](OCc2ccccc2)[C@H](OCc2ccccc2)C2(COCc3ccccc3)COC(C)(C)O2)CC1. The van der Waals surface area contributed by atoms with E-state index in [1.165, 1.54) is 0 Å². The molecule has 4 atom stereocenters. The topological polar surface area (TPSA) is 78.9 Å². The number of rotatable bonds is 17. The summed E-state index contributed by atoms with van der Waals surface area (Å²) in [7, 11) is 2.07. The predicted octanol–water partition coefficient (Wildman–Crippen LogP) is 6.26. The largest absolute Gasteiger partial charge is 0.374 e. The molecule has 9 heteroatoms. The van der Waals surface area contributed by atoms with Crippen molar-refractivity contribution in [3.8, 4) is 0 Å². The second-order valence-electron chi connectivity index (χ2n) is 14.2. The first-order chi connectivity index (χ1) is 25.3. The van der Waals surface area contributed by atoms with Crippen LogP contribution in [-0.2, 0) is 59.6 Å². The number of nitrogens with zero attached hydrogens (tertiary/aromatic N) is 2. The number of hydrogen-bond acceptors (Lipinski definition) is 8. The number of ether oxygens (including phenoxy) is 6. The van der Waals surface area contributed by atoms with Crippen LogP contribution in [0.2, 0.25) is 0 Å². The molecule has 52 heavy (non-hydrogen) atoms. The number of carbonyl (C=O) groups excluding carboxylic acids is 1. The molecule has 0 aliphatic carbocycles. The molecule has 2 saturated heterocycles. The van der Waals surface area contributed by atoms with Crippen molar-refractivity contribution in [3.05, 3.63) is 144 Å². The van der Waals surface area contributed by atoms with Gasteiger partial charge in [0.15, 0.2) is 11.9 Å². The summed E-state index contributed by atoms with van der Waals surface area (Å²) in [6.45, 7) is 7.81.